The van der Waals surface area contributed by atoms with Crippen molar-refractivity contribution in [2.45, 2.75) is 43.0 Å². The van der Waals surface area contributed by atoms with Crippen molar-refractivity contribution in [3.05, 3.63) is 77.6 Å². The van der Waals surface area contributed by atoms with Crippen molar-refractivity contribution < 1.29 is 17.9 Å². The Morgan fingerprint density at radius 1 is 1.15 bits per heavy atom. The molecule has 9 heteroatoms. The summed E-state index contributed by atoms with van der Waals surface area (Å²) in [5, 5.41) is 6.58. The quantitative estimate of drug-likeness (QED) is 0.492. The third-order valence-corrected chi connectivity index (χ3v) is 7.26. The lowest BCUT2D eigenvalue weighted by atomic mass is 9.99. The number of aliphatic imine (C=N–C) groups is 1. The fraction of sp³-hybridized carbons (Fsp3) is 0.360. The van der Waals surface area contributed by atoms with Crippen LogP contribution in [0, 0.1) is 0 Å². The summed E-state index contributed by atoms with van der Waals surface area (Å²) in [6.07, 6.45) is -0.309. The van der Waals surface area contributed by atoms with Crippen molar-refractivity contribution in [1.82, 2.24) is 10.3 Å². The van der Waals surface area contributed by atoms with Crippen molar-refractivity contribution >= 4 is 27.7 Å². The molecule has 3 N–H and O–H groups in total. The number of fused-ring (bicyclic) bond motifs is 1. The number of methoxy groups -OCH3 is 1. The molecule has 0 saturated carbocycles. The van der Waals surface area contributed by atoms with Crippen LogP contribution in [0.4, 0.5) is 13.2 Å². The number of nitrogens with zero attached hydrogens (tertiary/aromatic N) is 2. The Morgan fingerprint density at radius 3 is 2.62 bits per heavy atom. The SMILES string of the molecule is COC(C)C1NC(=NC[C@@H](N)Cc2ccc(C(F)(F)F)cc2)SC1c1ccc2cnccc2c1. The third kappa shape index (κ3) is 5.71. The lowest BCUT2D eigenvalue weighted by molar-refractivity contribution is -0.137. The maximum absolute atomic E-state index is 12.8. The first-order chi connectivity index (χ1) is 16.2. The van der Waals surface area contributed by atoms with E-state index in [0.717, 1.165) is 33.6 Å². The third-order valence-electron chi connectivity index (χ3n) is 5.97. The van der Waals surface area contributed by atoms with Crippen molar-refractivity contribution in [1.29, 1.82) is 0 Å². The average Bonchev–Trinajstić information content (AvgIpc) is 3.26. The minimum Gasteiger partial charge on any atom is -0.380 e. The van der Waals surface area contributed by atoms with Crippen LogP contribution in [0.15, 0.2) is 65.9 Å². The molecule has 3 unspecified atom stereocenters. The molecule has 1 aromatic heterocycles. The number of hydrogen-bond acceptors (Lipinski definition) is 5. The van der Waals surface area contributed by atoms with Crippen LogP contribution in [0.25, 0.3) is 10.8 Å². The van der Waals surface area contributed by atoms with Crippen LogP contribution in [-0.2, 0) is 17.3 Å². The normalized spacial score (nSPS) is 21.5. The van der Waals surface area contributed by atoms with Gasteiger partial charge in [-0.1, -0.05) is 36.0 Å². The van der Waals surface area contributed by atoms with Crippen LogP contribution in [0.3, 0.4) is 0 Å². The van der Waals surface area contributed by atoms with E-state index < -0.39 is 11.7 Å². The number of nitrogens with two attached hydrogens (primary N) is 1. The van der Waals surface area contributed by atoms with E-state index >= 15 is 0 Å². The molecule has 0 radical (unpaired) electrons. The molecule has 4 atom stereocenters. The number of nitrogens with one attached hydrogen (secondary N) is 1. The van der Waals surface area contributed by atoms with Gasteiger partial charge in [-0.2, -0.15) is 13.2 Å². The number of benzene rings is 2. The van der Waals surface area contributed by atoms with Gasteiger partial charge in [-0.3, -0.25) is 9.98 Å². The van der Waals surface area contributed by atoms with Crippen LogP contribution < -0.4 is 11.1 Å². The topological polar surface area (TPSA) is 72.5 Å². The molecular weight excluding hydrogens is 461 g/mol. The lowest BCUT2D eigenvalue weighted by Gasteiger charge is -2.24. The van der Waals surface area contributed by atoms with Gasteiger partial charge in [0.25, 0.3) is 0 Å². The van der Waals surface area contributed by atoms with E-state index in [1.807, 2.05) is 19.2 Å². The standard InChI is InChI=1S/C25H27F3N4OS/c1-15(33-2)22-23(18-5-6-19-13-30-10-9-17(19)12-18)34-24(32-22)31-14-21(29)11-16-3-7-20(8-4-16)25(26,27)28/h3-10,12-13,15,21-23H,11,14,29H2,1-2H3,(H,31,32)/t15?,21-,22?,23?/m0/s1. The van der Waals surface area contributed by atoms with Crippen molar-refractivity contribution in [3.8, 4) is 0 Å². The first kappa shape index (κ1) is 24.5. The minimum absolute atomic E-state index is 0.0270. The number of halogens is 3. The zero-order chi connectivity index (χ0) is 24.3. The second kappa shape index (κ2) is 10.3. The molecule has 4 rings (SSSR count). The number of ether oxygens (including phenoxy) is 1. The number of pyridine rings is 1. The monoisotopic (exact) mass is 488 g/mol. The molecule has 3 aromatic rings. The second-order valence-corrected chi connectivity index (χ2v) is 9.57. The zero-order valence-electron chi connectivity index (χ0n) is 18.9. The van der Waals surface area contributed by atoms with Crippen LogP contribution in [0.5, 0.6) is 0 Å². The van der Waals surface area contributed by atoms with Gasteiger partial charge in [0.2, 0.25) is 0 Å². The van der Waals surface area contributed by atoms with Crippen molar-refractivity contribution in [3.63, 3.8) is 0 Å². The molecule has 1 saturated heterocycles. The van der Waals surface area contributed by atoms with E-state index in [0.29, 0.717) is 13.0 Å². The molecule has 0 bridgehead atoms. The van der Waals surface area contributed by atoms with E-state index in [4.69, 9.17) is 10.5 Å². The van der Waals surface area contributed by atoms with Gasteiger partial charge in [0.15, 0.2) is 5.17 Å². The summed E-state index contributed by atoms with van der Waals surface area (Å²) in [6, 6.07) is 13.2. The Labute approximate surface area is 201 Å². The fourth-order valence-corrected chi connectivity index (χ4v) is 5.30. The van der Waals surface area contributed by atoms with Crippen LogP contribution in [-0.4, -0.2) is 42.0 Å². The molecule has 2 heterocycles. The largest absolute Gasteiger partial charge is 0.416 e. The highest BCUT2D eigenvalue weighted by Crippen LogP contribution is 2.40. The first-order valence-electron chi connectivity index (χ1n) is 11.0. The summed E-state index contributed by atoms with van der Waals surface area (Å²) >= 11 is 1.64. The minimum atomic E-state index is -4.34. The predicted molar refractivity (Wildman–Crippen MR) is 131 cm³/mol. The van der Waals surface area contributed by atoms with Crippen LogP contribution in [0.1, 0.15) is 28.9 Å². The van der Waals surface area contributed by atoms with Crippen molar-refractivity contribution in [2.24, 2.45) is 10.7 Å². The predicted octanol–water partition coefficient (Wildman–Crippen LogP) is 4.96. The fourth-order valence-electron chi connectivity index (χ4n) is 3.99. The Hall–Kier alpha value is -2.62. The molecule has 1 fully saturated rings. The van der Waals surface area contributed by atoms with Crippen LogP contribution >= 0.6 is 11.8 Å². The maximum Gasteiger partial charge on any atom is 0.416 e. The average molecular weight is 489 g/mol. The maximum atomic E-state index is 12.8. The highest BCUT2D eigenvalue weighted by atomic mass is 32.2. The number of thioether (sulfide) groups is 1. The summed E-state index contributed by atoms with van der Waals surface area (Å²) in [6.45, 7) is 2.38. The molecule has 5 nitrogen and oxygen atoms in total. The number of amidine groups is 1. The van der Waals surface area contributed by atoms with Crippen LogP contribution in [0.2, 0.25) is 0 Å². The molecule has 1 aliphatic rings. The Morgan fingerprint density at radius 2 is 1.91 bits per heavy atom. The molecule has 2 aromatic carbocycles. The number of aromatic nitrogens is 1. The van der Waals surface area contributed by atoms with Gasteiger partial charge in [-0.25, -0.2) is 0 Å². The molecule has 1 aliphatic heterocycles. The van der Waals surface area contributed by atoms with Gasteiger partial charge in [0.1, 0.15) is 0 Å². The highest BCUT2D eigenvalue weighted by molar-refractivity contribution is 8.14. The van der Waals surface area contributed by atoms with Crippen molar-refractivity contribution in [2.75, 3.05) is 13.7 Å². The molecule has 0 aliphatic carbocycles. The number of alkyl halides is 3. The van der Waals surface area contributed by atoms with Gasteiger partial charge in [-0.15, -0.1) is 0 Å². The van der Waals surface area contributed by atoms with Gasteiger partial charge in [0.05, 0.1) is 29.5 Å². The van der Waals surface area contributed by atoms with E-state index in [2.05, 4.69) is 33.5 Å². The van der Waals surface area contributed by atoms with Gasteiger partial charge in [-0.05, 0) is 54.1 Å². The molecule has 180 valence electrons. The Bertz CT molecular complexity index is 1150. The van der Waals surface area contributed by atoms with E-state index in [9.17, 15) is 13.2 Å². The lowest BCUT2D eigenvalue weighted by Crippen LogP contribution is -2.39. The second-order valence-electron chi connectivity index (χ2n) is 8.44. The smallest absolute Gasteiger partial charge is 0.380 e. The molecule has 0 spiro atoms. The number of rotatable bonds is 7. The van der Waals surface area contributed by atoms with E-state index in [1.165, 1.54) is 17.7 Å². The summed E-state index contributed by atoms with van der Waals surface area (Å²) < 4.78 is 43.9. The van der Waals surface area contributed by atoms with Gasteiger partial charge >= 0.3 is 6.18 Å². The summed E-state index contributed by atoms with van der Waals surface area (Å²) in [7, 11) is 1.69. The summed E-state index contributed by atoms with van der Waals surface area (Å²) in [4.78, 5) is 8.85. The molecule has 0 amide bonds. The molecule has 34 heavy (non-hydrogen) atoms. The van der Waals surface area contributed by atoms with E-state index in [1.54, 1.807) is 25.1 Å². The number of hydrogen-bond donors (Lipinski definition) is 2. The first-order valence-corrected chi connectivity index (χ1v) is 11.9. The van der Waals surface area contributed by atoms with Gasteiger partial charge in [0, 0.05) is 30.9 Å². The summed E-state index contributed by atoms with van der Waals surface area (Å²) in [5.41, 5.74) is 7.50. The van der Waals surface area contributed by atoms with E-state index in [-0.39, 0.29) is 23.4 Å². The zero-order valence-corrected chi connectivity index (χ0v) is 19.7. The Balaban J connectivity index is 1.44. The van der Waals surface area contributed by atoms with Gasteiger partial charge < -0.3 is 15.8 Å². The molecular formula is C25H27F3N4OS. The Kier molecular flexibility index (Phi) is 7.45. The highest BCUT2D eigenvalue weighted by Gasteiger charge is 2.37. The summed E-state index contributed by atoms with van der Waals surface area (Å²) in [5.74, 6) is 0.